The van der Waals surface area contributed by atoms with Crippen LogP contribution < -0.4 is 15.8 Å². The number of nitrogens with one attached hydrogen (secondary N) is 1. The van der Waals surface area contributed by atoms with Crippen molar-refractivity contribution < 1.29 is 9.53 Å². The van der Waals surface area contributed by atoms with Crippen molar-refractivity contribution in [3.05, 3.63) is 23.8 Å². The second kappa shape index (κ2) is 8.59. The Morgan fingerprint density at radius 3 is 2.70 bits per heavy atom. The van der Waals surface area contributed by atoms with Crippen LogP contribution >= 0.6 is 0 Å². The van der Waals surface area contributed by atoms with E-state index in [0.717, 1.165) is 42.9 Å². The average molecular weight is 278 g/mol. The monoisotopic (exact) mass is 278 g/mol. The minimum absolute atomic E-state index is 0.130. The van der Waals surface area contributed by atoms with Crippen LogP contribution in [0.15, 0.2) is 18.2 Å². The Labute approximate surface area is 121 Å². The first-order valence-corrected chi connectivity index (χ1v) is 7.38. The molecule has 3 N–H and O–H groups in total. The standard InChI is InChI=1S/C16H26N2O2/c1-4-6-10-20-13-8-9-15(12(3)11-13)18-16(19)14(17)7-5-2/h8-9,11,14H,4-7,10,17H2,1-3H3,(H,18,19). The topological polar surface area (TPSA) is 64.3 Å². The Balaban J connectivity index is 2.61. The number of rotatable bonds is 8. The predicted molar refractivity (Wildman–Crippen MR) is 83.1 cm³/mol. The van der Waals surface area contributed by atoms with Crippen LogP contribution in [-0.4, -0.2) is 18.6 Å². The Morgan fingerprint density at radius 1 is 1.35 bits per heavy atom. The summed E-state index contributed by atoms with van der Waals surface area (Å²) >= 11 is 0. The highest BCUT2D eigenvalue weighted by Gasteiger charge is 2.13. The summed E-state index contributed by atoms with van der Waals surface area (Å²) in [5, 5.41) is 2.87. The predicted octanol–water partition coefficient (Wildman–Crippen LogP) is 3.24. The molecule has 20 heavy (non-hydrogen) atoms. The fraction of sp³-hybridized carbons (Fsp3) is 0.562. The van der Waals surface area contributed by atoms with Crippen molar-refractivity contribution in [2.75, 3.05) is 11.9 Å². The van der Waals surface area contributed by atoms with E-state index in [0.29, 0.717) is 6.42 Å². The van der Waals surface area contributed by atoms with Gasteiger partial charge in [-0.15, -0.1) is 0 Å². The molecule has 0 heterocycles. The van der Waals surface area contributed by atoms with Crippen LogP contribution in [0.2, 0.25) is 0 Å². The highest BCUT2D eigenvalue weighted by Crippen LogP contribution is 2.21. The number of amides is 1. The lowest BCUT2D eigenvalue weighted by Crippen LogP contribution is -2.35. The Bertz CT molecular complexity index is 432. The lowest BCUT2D eigenvalue weighted by atomic mass is 10.1. The van der Waals surface area contributed by atoms with Gasteiger partial charge < -0.3 is 15.8 Å². The lowest BCUT2D eigenvalue weighted by Gasteiger charge is -2.14. The maximum absolute atomic E-state index is 11.9. The molecule has 1 rings (SSSR count). The zero-order valence-corrected chi connectivity index (χ0v) is 12.7. The summed E-state index contributed by atoms with van der Waals surface area (Å²) in [6.45, 7) is 6.82. The lowest BCUT2D eigenvalue weighted by molar-refractivity contribution is -0.117. The molecule has 0 saturated carbocycles. The minimum Gasteiger partial charge on any atom is -0.494 e. The third-order valence-electron chi connectivity index (χ3n) is 3.16. The van der Waals surface area contributed by atoms with Gasteiger partial charge in [-0.3, -0.25) is 4.79 Å². The number of hydrogen-bond donors (Lipinski definition) is 2. The largest absolute Gasteiger partial charge is 0.494 e. The quantitative estimate of drug-likeness (QED) is 0.717. The molecule has 1 aromatic carbocycles. The molecule has 0 saturated heterocycles. The van der Waals surface area contributed by atoms with E-state index in [-0.39, 0.29) is 5.91 Å². The molecule has 0 aliphatic heterocycles. The molecule has 0 radical (unpaired) electrons. The van der Waals surface area contributed by atoms with Crippen molar-refractivity contribution >= 4 is 11.6 Å². The van der Waals surface area contributed by atoms with Crippen molar-refractivity contribution in [1.29, 1.82) is 0 Å². The molecule has 0 fully saturated rings. The van der Waals surface area contributed by atoms with E-state index in [1.54, 1.807) is 0 Å². The normalized spacial score (nSPS) is 12.0. The van der Waals surface area contributed by atoms with Crippen molar-refractivity contribution in [3.8, 4) is 5.75 Å². The summed E-state index contributed by atoms with van der Waals surface area (Å²) in [7, 11) is 0. The van der Waals surface area contributed by atoms with E-state index in [4.69, 9.17) is 10.5 Å². The van der Waals surface area contributed by atoms with Gasteiger partial charge in [-0.2, -0.15) is 0 Å². The van der Waals surface area contributed by atoms with Gasteiger partial charge in [-0.25, -0.2) is 0 Å². The molecular weight excluding hydrogens is 252 g/mol. The maximum Gasteiger partial charge on any atom is 0.241 e. The first kappa shape index (κ1) is 16.5. The van der Waals surface area contributed by atoms with Crippen molar-refractivity contribution in [2.24, 2.45) is 5.73 Å². The summed E-state index contributed by atoms with van der Waals surface area (Å²) in [5.41, 5.74) is 7.58. The van der Waals surface area contributed by atoms with Gasteiger partial charge in [0.25, 0.3) is 0 Å². The second-order valence-corrected chi connectivity index (χ2v) is 5.06. The van der Waals surface area contributed by atoms with Gasteiger partial charge in [-0.05, 0) is 43.5 Å². The molecule has 1 unspecified atom stereocenters. The van der Waals surface area contributed by atoms with Gasteiger partial charge in [-0.1, -0.05) is 26.7 Å². The highest BCUT2D eigenvalue weighted by atomic mass is 16.5. The van der Waals surface area contributed by atoms with Crippen molar-refractivity contribution in [1.82, 2.24) is 0 Å². The molecule has 0 aromatic heterocycles. The molecule has 0 bridgehead atoms. The number of anilines is 1. The smallest absolute Gasteiger partial charge is 0.241 e. The van der Waals surface area contributed by atoms with Gasteiger partial charge >= 0.3 is 0 Å². The number of aryl methyl sites for hydroxylation is 1. The van der Waals surface area contributed by atoms with E-state index in [1.165, 1.54) is 0 Å². The number of unbranched alkanes of at least 4 members (excludes halogenated alkanes) is 1. The fourth-order valence-corrected chi connectivity index (χ4v) is 1.87. The van der Waals surface area contributed by atoms with Gasteiger partial charge in [0.1, 0.15) is 5.75 Å². The second-order valence-electron chi connectivity index (χ2n) is 5.06. The highest BCUT2D eigenvalue weighted by molar-refractivity contribution is 5.95. The summed E-state index contributed by atoms with van der Waals surface area (Å²) < 4.78 is 5.64. The Morgan fingerprint density at radius 2 is 2.10 bits per heavy atom. The summed E-state index contributed by atoms with van der Waals surface area (Å²) in [4.78, 5) is 11.9. The van der Waals surface area contributed by atoms with E-state index < -0.39 is 6.04 Å². The Hall–Kier alpha value is -1.55. The van der Waals surface area contributed by atoms with E-state index in [2.05, 4.69) is 12.2 Å². The van der Waals surface area contributed by atoms with Crippen LogP contribution in [0.5, 0.6) is 5.75 Å². The third kappa shape index (κ3) is 5.21. The summed E-state index contributed by atoms with van der Waals surface area (Å²) in [6.07, 6.45) is 3.76. The molecular formula is C16H26N2O2. The van der Waals surface area contributed by atoms with Crippen LogP contribution in [0.1, 0.15) is 45.1 Å². The molecule has 4 nitrogen and oxygen atoms in total. The van der Waals surface area contributed by atoms with E-state index in [1.807, 2.05) is 32.0 Å². The van der Waals surface area contributed by atoms with Gasteiger partial charge in [0, 0.05) is 5.69 Å². The average Bonchev–Trinajstić information content (AvgIpc) is 2.42. The Kier molecular flexibility index (Phi) is 7.09. The van der Waals surface area contributed by atoms with Crippen molar-refractivity contribution in [3.63, 3.8) is 0 Å². The number of ether oxygens (including phenoxy) is 1. The molecule has 1 aromatic rings. The first-order valence-electron chi connectivity index (χ1n) is 7.38. The van der Waals surface area contributed by atoms with Gasteiger partial charge in [0.2, 0.25) is 5.91 Å². The molecule has 0 aliphatic carbocycles. The fourth-order valence-electron chi connectivity index (χ4n) is 1.87. The zero-order valence-electron chi connectivity index (χ0n) is 12.7. The number of hydrogen-bond acceptors (Lipinski definition) is 3. The molecule has 1 atom stereocenters. The maximum atomic E-state index is 11.9. The van der Waals surface area contributed by atoms with Crippen LogP contribution in [0.3, 0.4) is 0 Å². The number of carbonyl (C=O) groups excluding carboxylic acids is 1. The zero-order chi connectivity index (χ0) is 15.0. The van der Waals surface area contributed by atoms with Crippen molar-refractivity contribution in [2.45, 2.75) is 52.5 Å². The van der Waals surface area contributed by atoms with Crippen LogP contribution in [0, 0.1) is 6.92 Å². The molecule has 4 heteroatoms. The van der Waals surface area contributed by atoms with E-state index >= 15 is 0 Å². The van der Waals surface area contributed by atoms with Gasteiger partial charge in [0.05, 0.1) is 12.6 Å². The molecule has 1 amide bonds. The number of carbonyl (C=O) groups is 1. The van der Waals surface area contributed by atoms with Crippen LogP contribution in [0.25, 0.3) is 0 Å². The molecule has 112 valence electrons. The number of nitrogens with two attached hydrogens (primary N) is 1. The van der Waals surface area contributed by atoms with Crippen LogP contribution in [0.4, 0.5) is 5.69 Å². The third-order valence-corrected chi connectivity index (χ3v) is 3.16. The molecule has 0 spiro atoms. The summed E-state index contributed by atoms with van der Waals surface area (Å²) in [6, 6.07) is 5.24. The van der Waals surface area contributed by atoms with E-state index in [9.17, 15) is 4.79 Å². The SMILES string of the molecule is CCCCOc1ccc(NC(=O)C(N)CCC)c(C)c1. The number of benzene rings is 1. The van der Waals surface area contributed by atoms with Crippen LogP contribution in [-0.2, 0) is 4.79 Å². The first-order chi connectivity index (χ1) is 9.58. The van der Waals surface area contributed by atoms with Gasteiger partial charge in [0.15, 0.2) is 0 Å². The summed E-state index contributed by atoms with van der Waals surface area (Å²) in [5.74, 6) is 0.710. The minimum atomic E-state index is -0.445. The molecule has 0 aliphatic rings.